The first-order valence-corrected chi connectivity index (χ1v) is 5.17. The third-order valence-corrected chi connectivity index (χ3v) is 2.99. The quantitative estimate of drug-likeness (QED) is 0.560. The summed E-state index contributed by atoms with van der Waals surface area (Å²) >= 11 is 0. The van der Waals surface area contributed by atoms with E-state index in [1.165, 1.54) is 6.07 Å². The zero-order valence-corrected chi connectivity index (χ0v) is 8.53. The largest absolute Gasteiger partial charge is 0.289 e. The minimum atomic E-state index is -0.291. The molecule has 2 aromatic rings. The van der Waals surface area contributed by atoms with Gasteiger partial charge >= 0.3 is 0 Å². The summed E-state index contributed by atoms with van der Waals surface area (Å²) in [6.45, 7) is 0. The molecular weight excluding hydrogens is 203 g/mol. The lowest BCUT2D eigenvalue weighted by Crippen LogP contribution is -2.16. The van der Waals surface area contributed by atoms with Gasteiger partial charge in [0.15, 0.2) is 5.78 Å². The van der Waals surface area contributed by atoms with E-state index in [0.717, 1.165) is 5.56 Å². The summed E-state index contributed by atoms with van der Waals surface area (Å²) in [5.74, 6) is -0.364. The Labute approximate surface area is 92.5 Å². The number of hydrogen-bond donors (Lipinski definition) is 0. The fraction of sp³-hybridized carbons (Fsp3) is 0.0714. The van der Waals surface area contributed by atoms with Crippen molar-refractivity contribution in [3.63, 3.8) is 0 Å². The molecule has 0 radical (unpaired) electrons. The monoisotopic (exact) mass is 212 g/mol. The Kier molecular flexibility index (Phi) is 1.90. The zero-order valence-electron chi connectivity index (χ0n) is 8.53. The van der Waals surface area contributed by atoms with Crippen LogP contribution in [-0.4, -0.2) is 5.78 Å². The molecule has 1 nitrogen and oxygen atoms in total. The topological polar surface area (TPSA) is 17.1 Å². The standard InChI is InChI=1S/C14H9FO/c15-13-7-3-6-11-12(13)8-9-4-1-2-5-10(9)14(11)16/h1-7H,8H2. The lowest BCUT2D eigenvalue weighted by molar-refractivity contribution is 0.103. The predicted octanol–water partition coefficient (Wildman–Crippen LogP) is 2.96. The van der Waals surface area contributed by atoms with E-state index in [-0.39, 0.29) is 11.6 Å². The number of hydrogen-bond acceptors (Lipinski definition) is 1. The van der Waals surface area contributed by atoms with Gasteiger partial charge in [-0.15, -0.1) is 0 Å². The predicted molar refractivity (Wildman–Crippen MR) is 59.1 cm³/mol. The van der Waals surface area contributed by atoms with E-state index in [1.807, 2.05) is 18.2 Å². The first-order chi connectivity index (χ1) is 7.77. The molecule has 0 N–H and O–H groups in total. The van der Waals surface area contributed by atoms with Crippen LogP contribution in [0.3, 0.4) is 0 Å². The molecule has 0 aliphatic heterocycles. The molecule has 1 aliphatic rings. The van der Waals surface area contributed by atoms with Crippen molar-refractivity contribution >= 4 is 5.78 Å². The third-order valence-electron chi connectivity index (χ3n) is 2.99. The normalized spacial score (nSPS) is 13.2. The molecule has 0 spiro atoms. The molecule has 0 amide bonds. The summed E-state index contributed by atoms with van der Waals surface area (Å²) in [4.78, 5) is 12.1. The van der Waals surface area contributed by atoms with Crippen molar-refractivity contribution in [2.45, 2.75) is 6.42 Å². The maximum absolute atomic E-state index is 13.6. The first-order valence-electron chi connectivity index (χ1n) is 5.17. The number of benzene rings is 2. The second kappa shape index (κ2) is 3.27. The van der Waals surface area contributed by atoms with Gasteiger partial charge in [0, 0.05) is 23.1 Å². The summed E-state index contributed by atoms with van der Waals surface area (Å²) < 4.78 is 13.6. The molecule has 2 aromatic carbocycles. The van der Waals surface area contributed by atoms with Gasteiger partial charge in [0.25, 0.3) is 0 Å². The molecule has 2 heteroatoms. The van der Waals surface area contributed by atoms with Crippen molar-refractivity contribution in [2.75, 3.05) is 0 Å². The van der Waals surface area contributed by atoms with Crippen molar-refractivity contribution in [3.8, 4) is 0 Å². The molecule has 0 saturated carbocycles. The summed E-state index contributed by atoms with van der Waals surface area (Å²) in [6.07, 6.45) is 0.504. The van der Waals surface area contributed by atoms with Gasteiger partial charge in [-0.2, -0.15) is 0 Å². The Balaban J connectivity index is 2.26. The zero-order chi connectivity index (χ0) is 11.1. The number of carbonyl (C=O) groups is 1. The minimum absolute atomic E-state index is 0.0728. The maximum atomic E-state index is 13.6. The maximum Gasteiger partial charge on any atom is 0.193 e. The molecule has 0 heterocycles. The van der Waals surface area contributed by atoms with E-state index >= 15 is 0 Å². The van der Waals surface area contributed by atoms with Crippen LogP contribution in [0.2, 0.25) is 0 Å². The molecule has 1 aliphatic carbocycles. The number of carbonyl (C=O) groups excluding carboxylic acids is 1. The third kappa shape index (κ3) is 1.20. The van der Waals surface area contributed by atoms with Gasteiger partial charge in [0.2, 0.25) is 0 Å². The highest BCUT2D eigenvalue weighted by Gasteiger charge is 2.24. The van der Waals surface area contributed by atoms with Gasteiger partial charge in [-0.05, 0) is 11.6 Å². The fourth-order valence-electron chi connectivity index (χ4n) is 2.18. The molecule has 16 heavy (non-hydrogen) atoms. The smallest absolute Gasteiger partial charge is 0.193 e. The van der Waals surface area contributed by atoms with Crippen LogP contribution in [0.5, 0.6) is 0 Å². The van der Waals surface area contributed by atoms with Crippen LogP contribution in [0.4, 0.5) is 4.39 Å². The number of fused-ring (bicyclic) bond motifs is 2. The lowest BCUT2D eigenvalue weighted by atomic mass is 9.85. The van der Waals surface area contributed by atoms with E-state index in [1.54, 1.807) is 18.2 Å². The van der Waals surface area contributed by atoms with E-state index in [9.17, 15) is 9.18 Å². The molecule has 0 unspecified atom stereocenters. The van der Waals surface area contributed by atoms with Crippen LogP contribution < -0.4 is 0 Å². The van der Waals surface area contributed by atoms with Gasteiger partial charge in [0.05, 0.1) is 0 Å². The second-order valence-electron chi connectivity index (χ2n) is 3.93. The van der Waals surface area contributed by atoms with Crippen LogP contribution in [0.15, 0.2) is 42.5 Å². The van der Waals surface area contributed by atoms with Gasteiger partial charge in [-0.3, -0.25) is 4.79 Å². The van der Waals surface area contributed by atoms with E-state index < -0.39 is 0 Å². The van der Waals surface area contributed by atoms with Crippen molar-refractivity contribution in [2.24, 2.45) is 0 Å². The number of rotatable bonds is 0. The van der Waals surface area contributed by atoms with Gasteiger partial charge in [-0.25, -0.2) is 4.39 Å². The molecule has 0 saturated heterocycles. The Morgan fingerprint density at radius 2 is 1.69 bits per heavy atom. The Morgan fingerprint density at radius 1 is 0.938 bits per heavy atom. The van der Waals surface area contributed by atoms with Gasteiger partial charge < -0.3 is 0 Å². The van der Waals surface area contributed by atoms with Crippen LogP contribution >= 0.6 is 0 Å². The van der Waals surface area contributed by atoms with Crippen LogP contribution in [-0.2, 0) is 6.42 Å². The Bertz CT molecular complexity index is 587. The molecule has 0 fully saturated rings. The van der Waals surface area contributed by atoms with E-state index in [4.69, 9.17) is 0 Å². The van der Waals surface area contributed by atoms with Crippen molar-refractivity contribution in [1.29, 1.82) is 0 Å². The van der Waals surface area contributed by atoms with Crippen molar-refractivity contribution in [1.82, 2.24) is 0 Å². The minimum Gasteiger partial charge on any atom is -0.289 e. The molecular formula is C14H9FO. The van der Waals surface area contributed by atoms with Crippen molar-refractivity contribution in [3.05, 3.63) is 70.5 Å². The molecule has 3 rings (SSSR count). The SMILES string of the molecule is O=C1c2ccccc2Cc2c(F)cccc21. The summed E-state index contributed by atoms with van der Waals surface area (Å²) in [5.41, 5.74) is 2.62. The molecule has 0 atom stereocenters. The second-order valence-corrected chi connectivity index (χ2v) is 3.93. The first kappa shape index (κ1) is 9.28. The number of ketones is 1. The highest BCUT2D eigenvalue weighted by Crippen LogP contribution is 2.28. The average molecular weight is 212 g/mol. The summed E-state index contributed by atoms with van der Waals surface area (Å²) in [5, 5.41) is 0. The molecule has 0 bridgehead atoms. The fourth-order valence-corrected chi connectivity index (χ4v) is 2.18. The van der Waals surface area contributed by atoms with Crippen molar-refractivity contribution < 1.29 is 9.18 Å². The molecule has 78 valence electrons. The summed E-state index contributed by atoms with van der Waals surface area (Å²) in [7, 11) is 0. The highest BCUT2D eigenvalue weighted by atomic mass is 19.1. The number of halogens is 1. The molecule has 0 aromatic heterocycles. The Morgan fingerprint density at radius 3 is 2.56 bits per heavy atom. The van der Waals surface area contributed by atoms with Crippen LogP contribution in [0.1, 0.15) is 27.0 Å². The average Bonchev–Trinajstić information content (AvgIpc) is 2.31. The van der Waals surface area contributed by atoms with E-state index in [0.29, 0.717) is 23.1 Å². The lowest BCUT2D eigenvalue weighted by Gasteiger charge is -2.18. The van der Waals surface area contributed by atoms with Gasteiger partial charge in [-0.1, -0.05) is 36.4 Å². The van der Waals surface area contributed by atoms with Crippen LogP contribution in [0, 0.1) is 5.82 Å². The highest BCUT2D eigenvalue weighted by molar-refractivity contribution is 6.12. The van der Waals surface area contributed by atoms with Gasteiger partial charge in [0.1, 0.15) is 5.82 Å². The van der Waals surface area contributed by atoms with E-state index in [2.05, 4.69) is 0 Å². The van der Waals surface area contributed by atoms with Crippen LogP contribution in [0.25, 0.3) is 0 Å². The summed E-state index contributed by atoms with van der Waals surface area (Å²) in [6, 6.07) is 12.1. The Hall–Kier alpha value is -1.96.